The maximum absolute atomic E-state index is 11.6. The van der Waals surface area contributed by atoms with Crippen molar-refractivity contribution in [2.24, 2.45) is 0 Å². The van der Waals surface area contributed by atoms with Crippen molar-refractivity contribution in [3.05, 3.63) is 55.9 Å². The molecule has 0 amide bonds. The molecule has 5 nitrogen and oxygen atoms in total. The van der Waals surface area contributed by atoms with Crippen molar-refractivity contribution >= 4 is 29.2 Å². The third-order valence-corrected chi connectivity index (χ3v) is 3.51. The molecule has 8 heteroatoms. The molecule has 21 heavy (non-hydrogen) atoms. The van der Waals surface area contributed by atoms with E-state index in [9.17, 15) is 14.7 Å². The summed E-state index contributed by atoms with van der Waals surface area (Å²) in [6, 6.07) is 4.74. The number of rotatable bonds is 3. The monoisotopic (exact) mass is 334 g/mol. The van der Waals surface area contributed by atoms with Gasteiger partial charge >= 0.3 is 29.6 Å². The van der Waals surface area contributed by atoms with E-state index < -0.39 is 17.0 Å². The van der Waals surface area contributed by atoms with Gasteiger partial charge in [-0.25, -0.2) is 4.68 Å². The third-order valence-electron chi connectivity index (χ3n) is 2.77. The van der Waals surface area contributed by atoms with Crippen molar-refractivity contribution in [2.45, 2.75) is 13.3 Å². The molecule has 0 unspecified atom stereocenters. The van der Waals surface area contributed by atoms with Gasteiger partial charge in [-0.2, -0.15) is 5.10 Å². The maximum atomic E-state index is 11.6. The SMILES string of the molecule is CCc1c(C(=O)[O-])c(=O)cnn1-c1ccc(Cl)c(Cl)c1.[Na+]. The Balaban J connectivity index is 0.00000220. The minimum atomic E-state index is -1.52. The van der Waals surface area contributed by atoms with Gasteiger partial charge < -0.3 is 9.90 Å². The van der Waals surface area contributed by atoms with Gasteiger partial charge in [-0.1, -0.05) is 30.1 Å². The number of aromatic carboxylic acids is 1. The van der Waals surface area contributed by atoms with Gasteiger partial charge in [0.05, 0.1) is 39.2 Å². The molecular formula is C13H9Cl2N2NaO3. The summed E-state index contributed by atoms with van der Waals surface area (Å²) in [4.78, 5) is 22.7. The molecule has 0 N–H and O–H groups in total. The van der Waals surface area contributed by atoms with Crippen LogP contribution in [0, 0.1) is 0 Å². The van der Waals surface area contributed by atoms with E-state index in [-0.39, 0.29) is 35.3 Å². The number of hydrogen-bond donors (Lipinski definition) is 0. The number of nitrogens with zero attached hydrogens (tertiary/aromatic N) is 2. The van der Waals surface area contributed by atoms with Crippen molar-refractivity contribution < 1.29 is 39.5 Å². The predicted molar refractivity (Wildman–Crippen MR) is 73.6 cm³/mol. The standard InChI is InChI=1S/C13H10Cl2N2O3.Na/c1-2-10-12(13(19)20)11(18)6-16-17(10)7-3-4-8(14)9(15)5-7;/h3-6H,2H2,1H3,(H,19,20);/q;+1/p-1. The molecule has 1 aromatic carbocycles. The van der Waals surface area contributed by atoms with Gasteiger partial charge in [0.15, 0.2) is 0 Å². The summed E-state index contributed by atoms with van der Waals surface area (Å²) in [5, 5.41) is 15.7. The number of carboxylic acids is 1. The van der Waals surface area contributed by atoms with E-state index >= 15 is 0 Å². The maximum Gasteiger partial charge on any atom is 1.00 e. The zero-order valence-corrected chi connectivity index (χ0v) is 14.9. The number of halogens is 2. The van der Waals surface area contributed by atoms with Crippen LogP contribution in [0.5, 0.6) is 0 Å². The van der Waals surface area contributed by atoms with Gasteiger partial charge in [0.25, 0.3) is 0 Å². The van der Waals surface area contributed by atoms with Crippen LogP contribution in [-0.2, 0) is 6.42 Å². The fraction of sp³-hybridized carbons (Fsp3) is 0.154. The van der Waals surface area contributed by atoms with Crippen molar-refractivity contribution in [2.75, 3.05) is 0 Å². The minimum Gasteiger partial charge on any atom is -0.545 e. The number of aromatic nitrogens is 2. The molecule has 0 bridgehead atoms. The van der Waals surface area contributed by atoms with Crippen LogP contribution in [0.4, 0.5) is 0 Å². The smallest absolute Gasteiger partial charge is 0.545 e. The molecule has 0 saturated heterocycles. The Labute approximate surface area is 152 Å². The first-order valence-electron chi connectivity index (χ1n) is 5.73. The van der Waals surface area contributed by atoms with E-state index in [0.29, 0.717) is 22.2 Å². The van der Waals surface area contributed by atoms with Gasteiger partial charge in [0.1, 0.15) is 0 Å². The second kappa shape index (κ2) is 7.42. The fourth-order valence-corrected chi connectivity index (χ4v) is 2.17. The molecule has 0 spiro atoms. The molecule has 104 valence electrons. The van der Waals surface area contributed by atoms with Crippen LogP contribution in [0.1, 0.15) is 23.0 Å². The summed E-state index contributed by atoms with van der Waals surface area (Å²) >= 11 is 11.8. The summed E-state index contributed by atoms with van der Waals surface area (Å²) in [6.45, 7) is 1.72. The molecule has 2 rings (SSSR count). The van der Waals surface area contributed by atoms with Gasteiger partial charge in [0.2, 0.25) is 5.43 Å². The molecule has 0 aliphatic carbocycles. The molecular weight excluding hydrogens is 326 g/mol. The summed E-state index contributed by atoms with van der Waals surface area (Å²) in [6.07, 6.45) is 1.24. The molecule has 0 aliphatic rings. The van der Waals surface area contributed by atoms with Crippen LogP contribution in [0.15, 0.2) is 29.2 Å². The van der Waals surface area contributed by atoms with Gasteiger partial charge in [-0.3, -0.25) is 4.79 Å². The Bertz CT molecular complexity index is 747. The number of carboxylic acid groups (broad SMARTS) is 1. The largest absolute Gasteiger partial charge is 1.00 e. The van der Waals surface area contributed by atoms with Gasteiger partial charge in [0, 0.05) is 0 Å². The van der Waals surface area contributed by atoms with Crippen LogP contribution >= 0.6 is 23.2 Å². The zero-order chi connectivity index (χ0) is 14.9. The van der Waals surface area contributed by atoms with Crippen LogP contribution in [0.3, 0.4) is 0 Å². The minimum absolute atomic E-state index is 0. The Morgan fingerprint density at radius 1 is 1.33 bits per heavy atom. The summed E-state index contributed by atoms with van der Waals surface area (Å²) < 4.78 is 1.34. The Morgan fingerprint density at radius 3 is 2.52 bits per heavy atom. The van der Waals surface area contributed by atoms with Crippen LogP contribution in [0.25, 0.3) is 5.69 Å². The van der Waals surface area contributed by atoms with E-state index in [2.05, 4.69) is 5.10 Å². The van der Waals surface area contributed by atoms with E-state index in [1.165, 1.54) is 4.68 Å². The molecule has 2 aromatic rings. The van der Waals surface area contributed by atoms with Crippen molar-refractivity contribution in [1.82, 2.24) is 9.78 Å². The van der Waals surface area contributed by atoms with E-state index in [1.807, 2.05) is 0 Å². The molecule has 1 heterocycles. The van der Waals surface area contributed by atoms with Crippen molar-refractivity contribution in [1.29, 1.82) is 0 Å². The van der Waals surface area contributed by atoms with Crippen molar-refractivity contribution in [3.63, 3.8) is 0 Å². The molecule has 0 fully saturated rings. The fourth-order valence-electron chi connectivity index (χ4n) is 1.88. The molecule has 0 radical (unpaired) electrons. The second-order valence-corrected chi connectivity index (χ2v) is 4.80. The summed E-state index contributed by atoms with van der Waals surface area (Å²) in [5.74, 6) is -1.52. The first-order valence-corrected chi connectivity index (χ1v) is 6.49. The number of benzene rings is 1. The van der Waals surface area contributed by atoms with E-state index in [0.717, 1.165) is 6.20 Å². The average molecular weight is 335 g/mol. The molecule has 0 saturated carbocycles. The second-order valence-electron chi connectivity index (χ2n) is 3.98. The van der Waals surface area contributed by atoms with Gasteiger partial charge in [-0.15, -0.1) is 0 Å². The van der Waals surface area contributed by atoms with Crippen molar-refractivity contribution in [3.8, 4) is 5.69 Å². The molecule has 0 atom stereocenters. The molecule has 1 aromatic heterocycles. The summed E-state index contributed by atoms with van der Waals surface area (Å²) in [7, 11) is 0. The first-order chi connectivity index (χ1) is 9.45. The number of carbonyl (C=O) groups excluding carboxylic acids is 1. The number of carbonyl (C=O) groups is 1. The zero-order valence-electron chi connectivity index (χ0n) is 11.4. The quantitative estimate of drug-likeness (QED) is 0.638. The number of hydrogen-bond acceptors (Lipinski definition) is 4. The van der Waals surface area contributed by atoms with Crippen LogP contribution < -0.4 is 40.1 Å². The normalized spacial score (nSPS) is 10.0. The Morgan fingerprint density at radius 2 is 2.00 bits per heavy atom. The topological polar surface area (TPSA) is 75.0 Å². The van der Waals surface area contributed by atoms with Gasteiger partial charge in [-0.05, 0) is 24.6 Å². The average Bonchev–Trinajstić information content (AvgIpc) is 2.41. The van der Waals surface area contributed by atoms with E-state index in [4.69, 9.17) is 23.2 Å². The Hall–Kier alpha value is -0.850. The third kappa shape index (κ3) is 3.67. The predicted octanol–water partition coefficient (Wildman–Crippen LogP) is -1.53. The Kier molecular flexibility index (Phi) is 6.43. The van der Waals surface area contributed by atoms with Crippen LogP contribution in [0.2, 0.25) is 10.0 Å². The molecule has 0 aliphatic heterocycles. The van der Waals surface area contributed by atoms with Crippen LogP contribution in [-0.4, -0.2) is 15.7 Å². The van der Waals surface area contributed by atoms with E-state index in [1.54, 1.807) is 25.1 Å². The first kappa shape index (κ1) is 18.2. The summed E-state index contributed by atoms with van der Waals surface area (Å²) in [5.41, 5.74) is -0.318.